The number of rotatable bonds is 6. The molecule has 5 rings (SSSR count). The van der Waals surface area contributed by atoms with Crippen molar-refractivity contribution >= 4 is 28.8 Å². The summed E-state index contributed by atoms with van der Waals surface area (Å²) in [4.78, 5) is 31.6. The van der Waals surface area contributed by atoms with Gasteiger partial charge in [-0.05, 0) is 56.4 Å². The predicted molar refractivity (Wildman–Crippen MR) is 137 cm³/mol. The molecule has 1 amide bonds. The number of nitrogens with zero attached hydrogens (tertiary/aromatic N) is 3. The number of fused-ring (bicyclic) bond motifs is 3. The largest absolute Gasteiger partial charge is 0.481 e. The van der Waals surface area contributed by atoms with Gasteiger partial charge in [-0.25, -0.2) is 18.6 Å². The number of anilines is 1. The first-order valence-electron chi connectivity index (χ1n) is 12.9. The highest BCUT2D eigenvalue weighted by molar-refractivity contribution is 5.95. The maximum Gasteiger partial charge on any atom is 0.414 e. The van der Waals surface area contributed by atoms with Gasteiger partial charge in [0.15, 0.2) is 0 Å². The van der Waals surface area contributed by atoms with E-state index in [9.17, 15) is 23.5 Å². The second-order valence-corrected chi connectivity index (χ2v) is 9.99. The molecule has 1 saturated heterocycles. The van der Waals surface area contributed by atoms with Crippen molar-refractivity contribution in [3.05, 3.63) is 58.9 Å². The lowest BCUT2D eigenvalue weighted by Crippen LogP contribution is -2.42. The van der Waals surface area contributed by atoms with Crippen LogP contribution in [0.3, 0.4) is 0 Å². The number of aromatic nitrogens is 2. The zero-order valence-electron chi connectivity index (χ0n) is 21.4. The van der Waals surface area contributed by atoms with Crippen LogP contribution in [0.1, 0.15) is 67.1 Å². The third-order valence-electron chi connectivity index (χ3n) is 7.65. The summed E-state index contributed by atoms with van der Waals surface area (Å²) in [6.07, 6.45) is 0.0361. The van der Waals surface area contributed by atoms with Gasteiger partial charge < -0.3 is 19.1 Å². The van der Waals surface area contributed by atoms with Crippen molar-refractivity contribution < 1.29 is 33.0 Å². The van der Waals surface area contributed by atoms with E-state index >= 15 is 0 Å². The molecule has 1 aromatic heterocycles. The van der Waals surface area contributed by atoms with Crippen LogP contribution in [-0.4, -0.2) is 53.1 Å². The number of imidazole rings is 1. The van der Waals surface area contributed by atoms with Crippen molar-refractivity contribution in [3.8, 4) is 0 Å². The number of hydrogen-bond donors (Lipinski definition) is 1. The minimum atomic E-state index is -2.69. The van der Waals surface area contributed by atoms with Crippen molar-refractivity contribution in [3.63, 3.8) is 0 Å². The topological polar surface area (TPSA) is 93.9 Å². The molecule has 2 aliphatic rings. The normalized spacial score (nSPS) is 20.4. The molecule has 0 spiro atoms. The molecule has 1 N–H and O–H groups in total. The van der Waals surface area contributed by atoms with Crippen molar-refractivity contribution in [2.75, 3.05) is 25.2 Å². The highest BCUT2D eigenvalue weighted by atomic mass is 19.3. The molecule has 0 unspecified atom stereocenters. The quantitative estimate of drug-likeness (QED) is 0.446. The van der Waals surface area contributed by atoms with Crippen molar-refractivity contribution in [2.24, 2.45) is 0 Å². The van der Waals surface area contributed by atoms with Crippen molar-refractivity contribution in [2.45, 2.75) is 63.5 Å². The van der Waals surface area contributed by atoms with Gasteiger partial charge in [-0.1, -0.05) is 18.2 Å². The van der Waals surface area contributed by atoms with Crippen molar-refractivity contribution in [1.29, 1.82) is 0 Å². The summed E-state index contributed by atoms with van der Waals surface area (Å²) in [5.74, 6) is -1.61. The molecule has 10 heteroatoms. The van der Waals surface area contributed by atoms with Crippen LogP contribution in [0, 0.1) is 0 Å². The standard InChI is InChI=1S/C28H31F2N3O5/c1-16-8-9-20-22(32(16)28(36)37-2)10-11-23-25(20)31-24(33(23)19-7-4-12-38-15-19)14-21(27(34)35)17-5-3-6-18(13-17)26(29)30/h3,5-6,10-11,13,16,19,21,26H,4,7-9,12,14-15H2,1-2H3,(H,34,35)/t16-,19-,21+/m0/s1. The molecule has 3 heterocycles. The van der Waals surface area contributed by atoms with Gasteiger partial charge in [0.25, 0.3) is 6.43 Å². The molecule has 3 aromatic rings. The van der Waals surface area contributed by atoms with E-state index in [1.807, 2.05) is 19.1 Å². The van der Waals surface area contributed by atoms with Gasteiger partial charge in [-0.15, -0.1) is 0 Å². The van der Waals surface area contributed by atoms with Gasteiger partial charge in [-0.3, -0.25) is 9.69 Å². The first-order valence-corrected chi connectivity index (χ1v) is 12.9. The Morgan fingerprint density at radius 3 is 2.68 bits per heavy atom. The van der Waals surface area contributed by atoms with Gasteiger partial charge in [0.05, 0.1) is 42.4 Å². The maximum atomic E-state index is 13.4. The summed E-state index contributed by atoms with van der Waals surface area (Å²) in [6.45, 7) is 3.11. The number of benzene rings is 2. The van der Waals surface area contributed by atoms with Crippen molar-refractivity contribution in [1.82, 2.24) is 9.55 Å². The number of amides is 1. The second-order valence-electron chi connectivity index (χ2n) is 9.99. The Kier molecular flexibility index (Phi) is 7.34. The molecule has 0 aliphatic carbocycles. The van der Waals surface area contributed by atoms with E-state index < -0.39 is 24.4 Å². The fourth-order valence-corrected chi connectivity index (χ4v) is 5.74. The van der Waals surface area contributed by atoms with Crippen LogP contribution in [0.25, 0.3) is 11.0 Å². The number of ether oxygens (including phenoxy) is 2. The third-order valence-corrected chi connectivity index (χ3v) is 7.65. The molecule has 2 aromatic carbocycles. The van der Waals surface area contributed by atoms with Crippen LogP contribution in [0.2, 0.25) is 0 Å². The first-order chi connectivity index (χ1) is 18.3. The van der Waals surface area contributed by atoms with E-state index in [-0.39, 0.29) is 24.1 Å². The van der Waals surface area contributed by atoms with Gasteiger partial charge in [0.2, 0.25) is 0 Å². The molecule has 202 valence electrons. The number of carboxylic acids is 1. The fourth-order valence-electron chi connectivity index (χ4n) is 5.74. The van der Waals surface area contributed by atoms with Crippen LogP contribution in [0.5, 0.6) is 0 Å². The first kappa shape index (κ1) is 26.1. The minimum absolute atomic E-state index is 0.0269. The lowest BCUT2D eigenvalue weighted by atomic mass is 9.93. The summed E-state index contributed by atoms with van der Waals surface area (Å²) in [5.41, 5.74) is 3.30. The number of carbonyl (C=O) groups is 2. The SMILES string of the molecule is COC(=O)N1c2ccc3c(nc(C[C@@H](C(=O)O)c4cccc(C(F)F)c4)n3[C@H]3CCCOC3)c2CC[C@@H]1C. The Hall–Kier alpha value is -3.53. The number of hydrogen-bond acceptors (Lipinski definition) is 5. The Morgan fingerprint density at radius 1 is 1.21 bits per heavy atom. The molecule has 0 saturated carbocycles. The van der Waals surface area contributed by atoms with E-state index in [2.05, 4.69) is 4.57 Å². The zero-order chi connectivity index (χ0) is 27.0. The van der Waals surface area contributed by atoms with E-state index in [4.69, 9.17) is 14.5 Å². The summed E-state index contributed by atoms with van der Waals surface area (Å²) in [6, 6.07) is 9.32. The van der Waals surface area contributed by atoms with Crippen LogP contribution < -0.4 is 4.90 Å². The highest BCUT2D eigenvalue weighted by Crippen LogP contribution is 2.39. The molecule has 2 aliphatic heterocycles. The third kappa shape index (κ3) is 4.73. The molecule has 3 atom stereocenters. The second kappa shape index (κ2) is 10.7. The summed E-state index contributed by atoms with van der Waals surface area (Å²) in [7, 11) is 1.35. The number of carboxylic acid groups (broad SMARTS) is 1. The predicted octanol–water partition coefficient (Wildman–Crippen LogP) is 5.64. The lowest BCUT2D eigenvalue weighted by molar-refractivity contribution is -0.138. The van der Waals surface area contributed by atoms with Gasteiger partial charge in [-0.2, -0.15) is 0 Å². The number of carbonyl (C=O) groups excluding carboxylic acids is 1. The van der Waals surface area contributed by atoms with E-state index in [0.29, 0.717) is 36.5 Å². The average Bonchev–Trinajstić information content (AvgIpc) is 3.30. The molecule has 38 heavy (non-hydrogen) atoms. The maximum absolute atomic E-state index is 13.4. The summed E-state index contributed by atoms with van der Waals surface area (Å²) in [5, 5.41) is 10.1. The van der Waals surface area contributed by atoms with E-state index in [1.54, 1.807) is 11.0 Å². The summed E-state index contributed by atoms with van der Waals surface area (Å²) < 4.78 is 39.6. The zero-order valence-corrected chi connectivity index (χ0v) is 21.4. The highest BCUT2D eigenvalue weighted by Gasteiger charge is 2.33. The Balaban J connectivity index is 1.64. The fraction of sp³-hybridized carbons (Fsp3) is 0.464. The lowest BCUT2D eigenvalue weighted by Gasteiger charge is -2.34. The molecular weight excluding hydrogens is 496 g/mol. The number of methoxy groups -OCH3 is 1. The van der Waals surface area contributed by atoms with Gasteiger partial charge in [0.1, 0.15) is 5.82 Å². The van der Waals surface area contributed by atoms with Crippen LogP contribution in [0.15, 0.2) is 36.4 Å². The molecular formula is C28H31F2N3O5. The smallest absolute Gasteiger partial charge is 0.414 e. The van der Waals surface area contributed by atoms with Crippen LogP contribution in [-0.2, 0) is 27.1 Å². The van der Waals surface area contributed by atoms with E-state index in [1.165, 1.54) is 25.3 Å². The van der Waals surface area contributed by atoms with Crippen LogP contribution >= 0.6 is 0 Å². The van der Waals surface area contributed by atoms with Gasteiger partial charge >= 0.3 is 12.1 Å². The minimum Gasteiger partial charge on any atom is -0.481 e. The number of aryl methyl sites for hydroxylation is 1. The monoisotopic (exact) mass is 527 g/mol. The Labute approximate surface area is 219 Å². The Bertz CT molecular complexity index is 1350. The van der Waals surface area contributed by atoms with E-state index in [0.717, 1.165) is 36.0 Å². The number of alkyl halides is 2. The summed E-state index contributed by atoms with van der Waals surface area (Å²) >= 11 is 0. The molecule has 0 bridgehead atoms. The number of aliphatic carboxylic acids is 1. The van der Waals surface area contributed by atoms with Gasteiger partial charge in [0, 0.05) is 30.2 Å². The molecule has 8 nitrogen and oxygen atoms in total. The number of halogens is 2. The van der Waals surface area contributed by atoms with Crippen LogP contribution in [0.4, 0.5) is 19.3 Å². The molecule has 1 fully saturated rings. The molecule has 0 radical (unpaired) electrons. The Morgan fingerprint density at radius 2 is 2.00 bits per heavy atom. The average molecular weight is 528 g/mol.